The lowest BCUT2D eigenvalue weighted by molar-refractivity contribution is 0.104. The first kappa shape index (κ1) is 20.0. The van der Waals surface area contributed by atoms with Crippen LogP contribution in [0.25, 0.3) is 0 Å². The third kappa shape index (κ3) is 5.10. The molecule has 0 spiro atoms. The Labute approximate surface area is 164 Å². The van der Waals surface area contributed by atoms with Gasteiger partial charge in [-0.25, -0.2) is 4.39 Å². The smallest absolute Gasteiger partial charge is 0.203 e. The van der Waals surface area contributed by atoms with Crippen LogP contribution >= 0.6 is 22.6 Å². The van der Waals surface area contributed by atoms with Crippen molar-refractivity contribution in [3.8, 4) is 23.0 Å². The van der Waals surface area contributed by atoms with Crippen molar-refractivity contribution in [2.75, 3.05) is 27.9 Å². The standard InChI is InChI=1S/C19H18FIO5/c1-23-17-8-12(9-18(24-2)19(17)25-3)16(22)10-14(21)11-26-15-6-4-13(20)5-7-15/h4-10H,11H2,1-3H3/b14-10-. The summed E-state index contributed by atoms with van der Waals surface area (Å²) in [6.45, 7) is 0.197. The molecule has 5 nitrogen and oxygen atoms in total. The largest absolute Gasteiger partial charge is 0.493 e. The highest BCUT2D eigenvalue weighted by Gasteiger charge is 2.16. The van der Waals surface area contributed by atoms with E-state index >= 15 is 0 Å². The maximum Gasteiger partial charge on any atom is 0.203 e. The Morgan fingerprint density at radius 3 is 2.12 bits per heavy atom. The van der Waals surface area contributed by atoms with Gasteiger partial charge in [0.15, 0.2) is 17.3 Å². The first-order chi connectivity index (χ1) is 12.5. The molecule has 0 aromatic heterocycles. The van der Waals surface area contributed by atoms with Crippen molar-refractivity contribution in [2.24, 2.45) is 0 Å². The molecule has 0 aliphatic rings. The van der Waals surface area contributed by atoms with E-state index in [1.807, 2.05) is 22.6 Å². The van der Waals surface area contributed by atoms with Crippen LogP contribution in [0, 0.1) is 5.82 Å². The highest BCUT2D eigenvalue weighted by Crippen LogP contribution is 2.38. The number of methoxy groups -OCH3 is 3. The fourth-order valence-corrected chi connectivity index (χ4v) is 2.61. The van der Waals surface area contributed by atoms with Crippen LogP contribution in [0.2, 0.25) is 0 Å². The maximum absolute atomic E-state index is 12.9. The molecular formula is C19H18FIO5. The second-order valence-corrected chi connectivity index (χ2v) is 6.50. The summed E-state index contributed by atoms with van der Waals surface area (Å²) >= 11 is 2.02. The van der Waals surface area contributed by atoms with Crippen LogP contribution in [-0.4, -0.2) is 33.7 Å². The van der Waals surface area contributed by atoms with Crippen molar-refractivity contribution in [1.29, 1.82) is 0 Å². The van der Waals surface area contributed by atoms with Gasteiger partial charge in [0.1, 0.15) is 18.2 Å². The number of ether oxygens (including phenoxy) is 4. The molecular weight excluding hydrogens is 454 g/mol. The number of hydrogen-bond donors (Lipinski definition) is 0. The topological polar surface area (TPSA) is 54.0 Å². The van der Waals surface area contributed by atoms with Gasteiger partial charge < -0.3 is 18.9 Å². The van der Waals surface area contributed by atoms with E-state index in [-0.39, 0.29) is 18.2 Å². The number of ketones is 1. The second kappa shape index (κ2) is 9.42. The van der Waals surface area contributed by atoms with Crippen LogP contribution in [0.3, 0.4) is 0 Å². The molecule has 0 saturated carbocycles. The normalized spacial score (nSPS) is 11.0. The van der Waals surface area contributed by atoms with Crippen LogP contribution in [0.1, 0.15) is 10.4 Å². The van der Waals surface area contributed by atoms with Crippen LogP contribution in [-0.2, 0) is 0 Å². The molecule has 0 unspecified atom stereocenters. The molecule has 2 aromatic carbocycles. The Morgan fingerprint density at radius 1 is 1.04 bits per heavy atom. The first-order valence-corrected chi connectivity index (χ1v) is 8.65. The van der Waals surface area contributed by atoms with E-state index in [0.29, 0.717) is 32.1 Å². The van der Waals surface area contributed by atoms with Crippen LogP contribution in [0.4, 0.5) is 4.39 Å². The Kier molecular flexibility index (Phi) is 7.26. The van der Waals surface area contributed by atoms with Gasteiger partial charge in [0.25, 0.3) is 0 Å². The van der Waals surface area contributed by atoms with Crippen molar-refractivity contribution in [3.05, 3.63) is 57.4 Å². The summed E-state index contributed by atoms with van der Waals surface area (Å²) in [5.41, 5.74) is 0.399. The minimum Gasteiger partial charge on any atom is -0.493 e. The average Bonchev–Trinajstić information content (AvgIpc) is 2.66. The maximum atomic E-state index is 12.9. The third-order valence-electron chi connectivity index (χ3n) is 3.43. The van der Waals surface area contributed by atoms with Gasteiger partial charge in [0, 0.05) is 9.14 Å². The number of halogens is 2. The second-order valence-electron chi connectivity index (χ2n) is 5.11. The highest BCUT2D eigenvalue weighted by atomic mass is 127. The molecule has 138 valence electrons. The molecule has 0 heterocycles. The molecule has 2 rings (SSSR count). The quantitative estimate of drug-likeness (QED) is 0.323. The summed E-state index contributed by atoms with van der Waals surface area (Å²) in [5, 5.41) is 0. The SMILES string of the molecule is COc1cc(C(=O)/C=C(\I)COc2ccc(F)cc2)cc(OC)c1OC. The molecule has 0 atom stereocenters. The highest BCUT2D eigenvalue weighted by molar-refractivity contribution is 14.1. The van der Waals surface area contributed by atoms with Crippen molar-refractivity contribution in [3.63, 3.8) is 0 Å². The van der Waals surface area contributed by atoms with Crippen LogP contribution in [0.5, 0.6) is 23.0 Å². The Balaban J connectivity index is 2.14. The summed E-state index contributed by atoms with van der Waals surface area (Å²) < 4.78 is 34.8. The third-order valence-corrected chi connectivity index (χ3v) is 4.05. The van der Waals surface area contributed by atoms with E-state index in [1.165, 1.54) is 51.7 Å². The van der Waals surface area contributed by atoms with Crippen molar-refractivity contribution in [2.45, 2.75) is 0 Å². The zero-order chi connectivity index (χ0) is 19.1. The molecule has 0 amide bonds. The molecule has 0 aliphatic heterocycles. The monoisotopic (exact) mass is 472 g/mol. The molecule has 0 saturated heterocycles. The summed E-state index contributed by atoms with van der Waals surface area (Å²) in [7, 11) is 4.47. The number of carbonyl (C=O) groups is 1. The van der Waals surface area contributed by atoms with Crippen molar-refractivity contribution >= 4 is 28.4 Å². The zero-order valence-corrected chi connectivity index (χ0v) is 16.7. The summed E-state index contributed by atoms with van der Waals surface area (Å²) in [6.07, 6.45) is 1.46. The summed E-state index contributed by atoms with van der Waals surface area (Å²) in [5.74, 6) is 1.19. The van der Waals surface area contributed by atoms with E-state index in [4.69, 9.17) is 18.9 Å². The average molecular weight is 472 g/mol. The fraction of sp³-hybridized carbons (Fsp3) is 0.211. The lowest BCUT2D eigenvalue weighted by atomic mass is 10.1. The van der Waals surface area contributed by atoms with E-state index in [2.05, 4.69) is 0 Å². The molecule has 2 aromatic rings. The van der Waals surface area contributed by atoms with Gasteiger partial charge in [-0.1, -0.05) is 0 Å². The molecule has 0 fully saturated rings. The zero-order valence-electron chi connectivity index (χ0n) is 14.5. The molecule has 0 aliphatic carbocycles. The summed E-state index contributed by atoms with van der Waals surface area (Å²) in [4.78, 5) is 12.5. The minimum absolute atomic E-state index is 0.197. The predicted octanol–water partition coefficient (Wildman–Crippen LogP) is 4.43. The van der Waals surface area contributed by atoms with E-state index in [9.17, 15) is 9.18 Å². The predicted molar refractivity (Wildman–Crippen MR) is 104 cm³/mol. The van der Waals surface area contributed by atoms with Crippen LogP contribution < -0.4 is 18.9 Å². The van der Waals surface area contributed by atoms with Gasteiger partial charge >= 0.3 is 0 Å². The number of rotatable bonds is 8. The first-order valence-electron chi connectivity index (χ1n) is 7.57. The Bertz CT molecular complexity index is 777. The van der Waals surface area contributed by atoms with Gasteiger partial charge in [-0.3, -0.25) is 4.79 Å². The lowest BCUT2D eigenvalue weighted by Crippen LogP contribution is -2.03. The minimum atomic E-state index is -0.333. The van der Waals surface area contributed by atoms with Gasteiger partial charge in [-0.15, -0.1) is 0 Å². The molecule has 0 N–H and O–H groups in total. The van der Waals surface area contributed by atoms with Gasteiger partial charge in [-0.05, 0) is 65.1 Å². The van der Waals surface area contributed by atoms with E-state index in [1.54, 1.807) is 12.1 Å². The van der Waals surface area contributed by atoms with Crippen molar-refractivity contribution < 1.29 is 28.1 Å². The van der Waals surface area contributed by atoms with Gasteiger partial charge in [0.2, 0.25) is 5.75 Å². The van der Waals surface area contributed by atoms with Crippen LogP contribution in [0.15, 0.2) is 46.1 Å². The molecule has 0 bridgehead atoms. The number of carbonyl (C=O) groups excluding carboxylic acids is 1. The van der Waals surface area contributed by atoms with Gasteiger partial charge in [0.05, 0.1) is 21.3 Å². The number of allylic oxidation sites excluding steroid dienone is 1. The van der Waals surface area contributed by atoms with Gasteiger partial charge in [-0.2, -0.15) is 0 Å². The van der Waals surface area contributed by atoms with E-state index in [0.717, 1.165) is 0 Å². The number of benzene rings is 2. The summed E-state index contributed by atoms with van der Waals surface area (Å²) in [6, 6.07) is 8.86. The molecule has 26 heavy (non-hydrogen) atoms. The van der Waals surface area contributed by atoms with Crippen molar-refractivity contribution in [1.82, 2.24) is 0 Å². The molecule has 7 heteroatoms. The number of hydrogen-bond acceptors (Lipinski definition) is 5. The molecule has 0 radical (unpaired) electrons. The Morgan fingerprint density at radius 2 is 1.62 bits per heavy atom. The van der Waals surface area contributed by atoms with E-state index < -0.39 is 0 Å². The Hall–Kier alpha value is -2.29. The fourth-order valence-electron chi connectivity index (χ4n) is 2.17. The lowest BCUT2D eigenvalue weighted by Gasteiger charge is -2.13.